The van der Waals surface area contributed by atoms with E-state index in [0.717, 1.165) is 97.0 Å². The van der Waals surface area contributed by atoms with Crippen molar-refractivity contribution < 1.29 is 33.4 Å². The highest BCUT2D eigenvalue weighted by atomic mass is 19.1. The third-order valence-electron chi connectivity index (χ3n) is 16.4. The number of aromatic hydroxyl groups is 1. The molecule has 4 aliphatic rings. The van der Waals surface area contributed by atoms with Gasteiger partial charge in [-0.05, 0) is 149 Å². The summed E-state index contributed by atoms with van der Waals surface area (Å²) in [5, 5.41) is 22.8. The van der Waals surface area contributed by atoms with Crippen molar-refractivity contribution in [1.29, 1.82) is 0 Å². The van der Waals surface area contributed by atoms with E-state index < -0.39 is 28.9 Å². The number of piperazine rings is 1. The maximum atomic E-state index is 17.1. The number of nitrogens with one attached hydrogen (secondary N) is 3. The van der Waals surface area contributed by atoms with Gasteiger partial charge in [0.05, 0.1) is 17.5 Å². The molecule has 9 rings (SSSR count). The van der Waals surface area contributed by atoms with E-state index in [2.05, 4.69) is 37.7 Å². The van der Waals surface area contributed by atoms with Gasteiger partial charge in [0.1, 0.15) is 48.1 Å². The topological polar surface area (TPSA) is 187 Å². The van der Waals surface area contributed by atoms with Crippen molar-refractivity contribution in [1.82, 2.24) is 40.7 Å². The molecular weight excluding hydrogens is 988 g/mol. The van der Waals surface area contributed by atoms with Crippen molar-refractivity contribution in [2.45, 2.75) is 137 Å². The lowest BCUT2D eigenvalue weighted by atomic mass is 9.85. The first kappa shape index (κ1) is 56.2. The number of aliphatic imine (C=N–C) groups is 1. The van der Waals surface area contributed by atoms with Crippen LogP contribution < -0.4 is 25.6 Å². The number of halogens is 1. The number of piperidine rings is 1. The Balaban J connectivity index is 0.774. The zero-order valence-corrected chi connectivity index (χ0v) is 47.0. The highest BCUT2D eigenvalue weighted by molar-refractivity contribution is 6.02. The smallest absolute Gasteiger partial charge is 0.319 e. The van der Waals surface area contributed by atoms with Crippen LogP contribution in [0.1, 0.15) is 118 Å². The number of amides is 3. The summed E-state index contributed by atoms with van der Waals surface area (Å²) in [6, 6.07) is 16.5. The van der Waals surface area contributed by atoms with Gasteiger partial charge in [0.2, 0.25) is 17.7 Å². The summed E-state index contributed by atoms with van der Waals surface area (Å²) in [5.74, 6) is -0.584. The predicted molar refractivity (Wildman–Crippen MR) is 305 cm³/mol. The monoisotopic (exact) mass is 1070 g/mol. The van der Waals surface area contributed by atoms with Gasteiger partial charge in [-0.25, -0.2) is 4.39 Å². The van der Waals surface area contributed by atoms with Crippen molar-refractivity contribution in [2.75, 3.05) is 64.0 Å². The van der Waals surface area contributed by atoms with Crippen LogP contribution in [-0.4, -0.2) is 137 Å². The average Bonchev–Trinajstić information content (AvgIpc) is 4.19. The van der Waals surface area contributed by atoms with E-state index in [0.29, 0.717) is 68.0 Å². The summed E-state index contributed by atoms with van der Waals surface area (Å²) in [7, 11) is 0. The lowest BCUT2D eigenvalue weighted by Gasteiger charge is -2.36. The first-order valence-electron chi connectivity index (χ1n) is 28.1. The van der Waals surface area contributed by atoms with Crippen LogP contribution in [0.2, 0.25) is 0 Å². The number of benzene rings is 3. The van der Waals surface area contributed by atoms with Crippen molar-refractivity contribution in [3.8, 4) is 23.0 Å². The Kier molecular flexibility index (Phi) is 17.1. The summed E-state index contributed by atoms with van der Waals surface area (Å²) >= 11 is 0. The Bertz CT molecular complexity index is 3060. The Morgan fingerprint density at radius 3 is 2.38 bits per heavy atom. The number of fused-ring (bicyclic) bond motifs is 4. The first-order chi connectivity index (χ1) is 37.3. The number of hydrogen-bond donors (Lipinski definition) is 4. The highest BCUT2D eigenvalue weighted by Crippen LogP contribution is 2.39. The van der Waals surface area contributed by atoms with E-state index in [1.54, 1.807) is 29.4 Å². The van der Waals surface area contributed by atoms with E-state index >= 15 is 4.39 Å². The van der Waals surface area contributed by atoms with Crippen LogP contribution >= 0.6 is 0 Å². The molecule has 0 radical (unpaired) electrons. The molecule has 4 N–H and O–H groups in total. The fraction of sp³-hybridized carbons (Fsp3) is 0.525. The number of rotatable bonds is 18. The molecule has 0 saturated carbocycles. The Morgan fingerprint density at radius 2 is 1.69 bits per heavy atom. The minimum absolute atomic E-state index is 0.0300. The minimum atomic E-state index is -0.860. The van der Waals surface area contributed by atoms with Gasteiger partial charge in [-0.15, -0.1) is 0 Å². The zero-order chi connectivity index (χ0) is 55.5. The quantitative estimate of drug-likeness (QED) is 0.0613. The van der Waals surface area contributed by atoms with Gasteiger partial charge in [0.15, 0.2) is 5.82 Å². The van der Waals surface area contributed by atoms with Crippen molar-refractivity contribution in [3.63, 3.8) is 0 Å². The first-order valence-corrected chi connectivity index (χ1v) is 28.1. The average molecular weight is 1070 g/mol. The van der Waals surface area contributed by atoms with Crippen LogP contribution in [-0.2, 0) is 31.1 Å². The number of aryl methyl sites for hydroxylation is 1. The molecule has 0 spiro atoms. The number of nitrogens with zero attached hydrogens (tertiary/aromatic N) is 7. The number of ether oxygens (including phenoxy) is 2. The van der Waals surface area contributed by atoms with E-state index in [1.807, 2.05) is 97.9 Å². The van der Waals surface area contributed by atoms with E-state index in [1.165, 1.54) is 0 Å². The third kappa shape index (κ3) is 12.5. The van der Waals surface area contributed by atoms with Crippen LogP contribution in [0, 0.1) is 17.2 Å². The van der Waals surface area contributed by atoms with Crippen LogP contribution in [0.5, 0.6) is 11.8 Å². The molecule has 5 aromatic rings. The Labute approximate surface area is 458 Å². The van der Waals surface area contributed by atoms with Gasteiger partial charge in [0.25, 0.3) is 0 Å². The summed E-state index contributed by atoms with van der Waals surface area (Å²) in [5.41, 5.74) is 4.46. The number of carbonyl (C=O) groups is 3. The standard InChI is InChI=1S/C61H79FN10O6/c1-10-40-14-12-15-42-30-46(73)31-47(51(40)42)53-52(62)54-48(32-64-53)56(71-33-44-21-22-45(34-71)65-44)68-59(67-54)78-29-28-70-26-23-39(24-27-70)35-77-36-50(74)66-55(60(5,6)7)58(76)72-25-13-16-49(72)57(75)69-61(8,9)43-19-17-41(18-20-43)37(3)38(4)63-11-2/h11-12,14-15,17-20,30-32,39,44-45,49,55,65,73H,10,13,16,21-29,33-36H2,1-9H3,(H,66,74)(H,69,75)/b38-37+,63-11?. The minimum Gasteiger partial charge on any atom is -0.508 e. The maximum Gasteiger partial charge on any atom is 0.319 e. The maximum absolute atomic E-state index is 17.1. The van der Waals surface area contributed by atoms with Gasteiger partial charge in [0, 0.05) is 61.9 Å². The number of allylic oxidation sites excluding steroid dienone is 2. The molecule has 4 aliphatic heterocycles. The summed E-state index contributed by atoms with van der Waals surface area (Å²) < 4.78 is 29.4. The number of likely N-dealkylation sites (tertiary alicyclic amines) is 2. The molecule has 3 aromatic carbocycles. The molecule has 4 atom stereocenters. The molecule has 6 heterocycles. The van der Waals surface area contributed by atoms with E-state index in [9.17, 15) is 19.5 Å². The number of phenolic OH excluding ortho intramolecular Hbond substituents is 1. The summed E-state index contributed by atoms with van der Waals surface area (Å²) in [6.45, 7) is 22.3. The lowest BCUT2D eigenvalue weighted by Crippen LogP contribution is -2.59. The lowest BCUT2D eigenvalue weighted by molar-refractivity contribution is -0.145. The molecule has 416 valence electrons. The van der Waals surface area contributed by atoms with Crippen LogP contribution in [0.15, 0.2) is 71.5 Å². The second kappa shape index (κ2) is 23.8. The number of hydrogen-bond acceptors (Lipinski definition) is 13. The van der Waals surface area contributed by atoms with E-state index in [-0.39, 0.29) is 53.2 Å². The molecule has 78 heavy (non-hydrogen) atoms. The second-order valence-electron chi connectivity index (χ2n) is 23.4. The predicted octanol–water partition coefficient (Wildman–Crippen LogP) is 8.72. The molecule has 3 amide bonds. The molecule has 16 nitrogen and oxygen atoms in total. The molecule has 4 saturated heterocycles. The van der Waals surface area contributed by atoms with Crippen LogP contribution in [0.25, 0.3) is 38.5 Å². The number of pyridine rings is 1. The molecule has 2 bridgehead atoms. The fourth-order valence-corrected chi connectivity index (χ4v) is 11.8. The Morgan fingerprint density at radius 1 is 0.962 bits per heavy atom. The van der Waals surface area contributed by atoms with Crippen LogP contribution in [0.4, 0.5) is 10.2 Å². The largest absolute Gasteiger partial charge is 0.508 e. The Hall–Kier alpha value is -6.56. The fourth-order valence-electron chi connectivity index (χ4n) is 11.8. The van der Waals surface area contributed by atoms with Gasteiger partial charge < -0.3 is 40.3 Å². The van der Waals surface area contributed by atoms with Crippen molar-refractivity contribution in [2.24, 2.45) is 16.3 Å². The molecule has 4 fully saturated rings. The molecule has 17 heteroatoms. The second-order valence-corrected chi connectivity index (χ2v) is 23.4. The molecule has 0 aliphatic carbocycles. The van der Waals surface area contributed by atoms with Gasteiger partial charge in [-0.3, -0.25) is 29.3 Å². The number of aromatic nitrogens is 3. The highest BCUT2D eigenvalue weighted by Gasteiger charge is 2.43. The van der Waals surface area contributed by atoms with Crippen molar-refractivity contribution >= 4 is 57.0 Å². The van der Waals surface area contributed by atoms with E-state index in [4.69, 9.17) is 24.4 Å². The van der Waals surface area contributed by atoms with Crippen molar-refractivity contribution in [3.05, 3.63) is 89.0 Å². The molecule has 2 aromatic heterocycles. The van der Waals surface area contributed by atoms with Gasteiger partial charge >= 0.3 is 6.01 Å². The SMILES string of the molecule is CC=N/C(C)=C(\C)c1ccc(C(C)(C)NC(=O)C2CCCN2C(=O)C(NC(=O)COCC2CCN(CCOc3nc(N4CC5CCC(C4)N5)c4cnc(-c5cc(O)cc6cccc(CC)c56)c(F)c4n3)CC2)C(C)(C)C)cc1. The summed E-state index contributed by atoms with van der Waals surface area (Å²) in [4.78, 5) is 66.6. The molecule has 4 unspecified atom stereocenters. The number of phenols is 1. The number of anilines is 1. The van der Waals surface area contributed by atoms with Crippen LogP contribution in [0.3, 0.4) is 0 Å². The van der Waals surface area contributed by atoms with Gasteiger partial charge in [-0.2, -0.15) is 9.97 Å². The normalized spacial score (nSPS) is 20.2. The summed E-state index contributed by atoms with van der Waals surface area (Å²) in [6.07, 6.45) is 9.25. The zero-order valence-electron chi connectivity index (χ0n) is 47.0. The third-order valence-corrected chi connectivity index (χ3v) is 16.4. The number of carbonyl (C=O) groups excluding carboxylic acids is 3. The molecular formula is C61H79FN10O6. The van der Waals surface area contributed by atoms with Gasteiger partial charge in [-0.1, -0.05) is 70.2 Å².